The van der Waals surface area contributed by atoms with Crippen molar-refractivity contribution in [2.24, 2.45) is 5.18 Å². The molecule has 0 radical (unpaired) electrons. The molecule has 0 aliphatic carbocycles. The summed E-state index contributed by atoms with van der Waals surface area (Å²) in [4.78, 5) is 16.1. The first-order valence-electron chi connectivity index (χ1n) is 4.28. The van der Waals surface area contributed by atoms with E-state index in [0.29, 0.717) is 0 Å². The molecule has 0 atom stereocenters. The predicted octanol–water partition coefficient (Wildman–Crippen LogP) is 2.33. The Balaban J connectivity index is 2.73. The number of anilines is 1. The second-order valence-corrected chi connectivity index (χ2v) is 2.89. The van der Waals surface area contributed by atoms with Gasteiger partial charge in [0, 0.05) is 13.6 Å². The number of hydrogen-bond acceptors (Lipinski definition) is 4. The van der Waals surface area contributed by atoms with Crippen LogP contribution in [-0.4, -0.2) is 18.6 Å². The van der Waals surface area contributed by atoms with E-state index in [1.54, 1.807) is 12.3 Å². The molecule has 70 valence electrons. The minimum atomic E-state index is 0.230. The average molecular weight is 179 g/mol. The van der Waals surface area contributed by atoms with Crippen LogP contribution in [0.4, 0.5) is 11.5 Å². The molecule has 1 heterocycles. The molecule has 0 aliphatic rings. The Morgan fingerprint density at radius 3 is 2.77 bits per heavy atom. The quantitative estimate of drug-likeness (QED) is 0.666. The molecule has 1 rings (SSSR count). The zero-order chi connectivity index (χ0) is 9.68. The highest BCUT2D eigenvalue weighted by Crippen LogP contribution is 2.14. The smallest absolute Gasteiger partial charge is 0.196 e. The van der Waals surface area contributed by atoms with Crippen LogP contribution in [0.2, 0.25) is 0 Å². The minimum absolute atomic E-state index is 0.230. The van der Waals surface area contributed by atoms with Gasteiger partial charge in [-0.05, 0) is 23.7 Å². The Bertz CT molecular complexity index is 271. The molecule has 0 saturated heterocycles. The molecule has 0 N–H and O–H groups in total. The van der Waals surface area contributed by atoms with Crippen molar-refractivity contribution >= 4 is 11.5 Å². The van der Waals surface area contributed by atoms with Crippen LogP contribution in [0.1, 0.15) is 13.3 Å². The van der Waals surface area contributed by atoms with E-state index < -0.39 is 0 Å². The molecule has 0 unspecified atom stereocenters. The third-order valence-electron chi connectivity index (χ3n) is 1.83. The van der Waals surface area contributed by atoms with Gasteiger partial charge in [-0.15, -0.1) is 4.91 Å². The lowest BCUT2D eigenvalue weighted by atomic mass is 10.3. The molecule has 1 aromatic rings. The van der Waals surface area contributed by atoms with Crippen LogP contribution >= 0.6 is 0 Å². The summed E-state index contributed by atoms with van der Waals surface area (Å²) in [5.41, 5.74) is 1.01. The van der Waals surface area contributed by atoms with Gasteiger partial charge >= 0.3 is 0 Å². The second kappa shape index (κ2) is 4.54. The SMILES string of the molecule is CCCN(C)c1ccc(N=O)nc1. The average Bonchev–Trinajstić information content (AvgIpc) is 2.18. The zero-order valence-electron chi connectivity index (χ0n) is 7.90. The highest BCUT2D eigenvalue weighted by Gasteiger charge is 1.99. The summed E-state index contributed by atoms with van der Waals surface area (Å²) in [6, 6.07) is 3.47. The van der Waals surface area contributed by atoms with Crippen molar-refractivity contribution in [2.45, 2.75) is 13.3 Å². The van der Waals surface area contributed by atoms with E-state index in [4.69, 9.17) is 0 Å². The van der Waals surface area contributed by atoms with E-state index in [1.165, 1.54) is 0 Å². The van der Waals surface area contributed by atoms with E-state index in [1.807, 2.05) is 13.1 Å². The summed E-state index contributed by atoms with van der Waals surface area (Å²) >= 11 is 0. The lowest BCUT2D eigenvalue weighted by Crippen LogP contribution is -2.17. The van der Waals surface area contributed by atoms with Crippen molar-refractivity contribution < 1.29 is 0 Å². The molecule has 0 aliphatic heterocycles. The molecule has 1 aromatic heterocycles. The van der Waals surface area contributed by atoms with E-state index in [-0.39, 0.29) is 5.82 Å². The summed E-state index contributed by atoms with van der Waals surface area (Å²) in [6.45, 7) is 3.10. The summed E-state index contributed by atoms with van der Waals surface area (Å²) < 4.78 is 0. The van der Waals surface area contributed by atoms with E-state index >= 15 is 0 Å². The maximum Gasteiger partial charge on any atom is 0.196 e. The number of aromatic nitrogens is 1. The van der Waals surface area contributed by atoms with Gasteiger partial charge in [-0.25, -0.2) is 4.98 Å². The fraction of sp³-hybridized carbons (Fsp3) is 0.444. The van der Waals surface area contributed by atoms with Gasteiger partial charge in [0.15, 0.2) is 5.82 Å². The molecule has 0 bridgehead atoms. The Morgan fingerprint density at radius 2 is 2.31 bits per heavy atom. The topological polar surface area (TPSA) is 45.6 Å². The Hall–Kier alpha value is -1.45. The van der Waals surface area contributed by atoms with Crippen molar-refractivity contribution in [2.75, 3.05) is 18.5 Å². The molecule has 13 heavy (non-hydrogen) atoms. The van der Waals surface area contributed by atoms with Gasteiger partial charge in [-0.3, -0.25) is 0 Å². The second-order valence-electron chi connectivity index (χ2n) is 2.89. The standard InChI is InChI=1S/C9H13N3O/c1-3-6-12(2)8-4-5-9(11-13)10-7-8/h4-5,7H,3,6H2,1-2H3. The van der Waals surface area contributed by atoms with Crippen LogP contribution in [0.25, 0.3) is 0 Å². The zero-order valence-corrected chi connectivity index (χ0v) is 7.90. The Morgan fingerprint density at radius 1 is 1.54 bits per heavy atom. The molecule has 0 fully saturated rings. The molecule has 4 heteroatoms. The van der Waals surface area contributed by atoms with Crippen LogP contribution in [-0.2, 0) is 0 Å². The maximum absolute atomic E-state index is 10.1. The summed E-state index contributed by atoms with van der Waals surface area (Å²) in [7, 11) is 1.99. The first-order valence-corrected chi connectivity index (χ1v) is 4.28. The number of nitroso groups, excluding NO2 is 1. The number of nitrogens with zero attached hydrogens (tertiary/aromatic N) is 3. The van der Waals surface area contributed by atoms with Gasteiger partial charge in [-0.2, -0.15) is 0 Å². The largest absolute Gasteiger partial charge is 0.373 e. The van der Waals surface area contributed by atoms with Gasteiger partial charge in [0.05, 0.1) is 11.9 Å². The number of pyridine rings is 1. The monoisotopic (exact) mass is 179 g/mol. The lowest BCUT2D eigenvalue weighted by molar-refractivity contribution is 0.850. The third-order valence-corrected chi connectivity index (χ3v) is 1.83. The van der Waals surface area contributed by atoms with Gasteiger partial charge in [0.1, 0.15) is 0 Å². The van der Waals surface area contributed by atoms with E-state index in [0.717, 1.165) is 18.7 Å². The fourth-order valence-electron chi connectivity index (χ4n) is 1.12. The highest BCUT2D eigenvalue weighted by molar-refractivity contribution is 5.46. The number of hydrogen-bond donors (Lipinski definition) is 0. The van der Waals surface area contributed by atoms with Crippen molar-refractivity contribution in [1.29, 1.82) is 0 Å². The number of rotatable bonds is 4. The summed E-state index contributed by atoms with van der Waals surface area (Å²) in [5.74, 6) is 0.230. The molecular weight excluding hydrogens is 166 g/mol. The molecule has 0 aromatic carbocycles. The van der Waals surface area contributed by atoms with Crippen LogP contribution in [0.5, 0.6) is 0 Å². The molecule has 4 nitrogen and oxygen atoms in total. The first-order chi connectivity index (χ1) is 6.27. The van der Waals surface area contributed by atoms with Crippen molar-refractivity contribution in [3.8, 4) is 0 Å². The van der Waals surface area contributed by atoms with Crippen LogP contribution in [0.15, 0.2) is 23.5 Å². The van der Waals surface area contributed by atoms with Crippen molar-refractivity contribution in [3.05, 3.63) is 23.2 Å². The van der Waals surface area contributed by atoms with E-state index in [2.05, 4.69) is 22.0 Å². The Kier molecular flexibility index (Phi) is 3.37. The summed E-state index contributed by atoms with van der Waals surface area (Å²) in [6.07, 6.45) is 2.75. The minimum Gasteiger partial charge on any atom is -0.373 e. The van der Waals surface area contributed by atoms with Gasteiger partial charge in [-0.1, -0.05) is 6.92 Å². The molecule has 0 amide bonds. The summed E-state index contributed by atoms with van der Waals surface area (Å²) in [5, 5.41) is 2.74. The fourth-order valence-corrected chi connectivity index (χ4v) is 1.12. The molecule has 0 saturated carbocycles. The van der Waals surface area contributed by atoms with Crippen molar-refractivity contribution in [3.63, 3.8) is 0 Å². The van der Waals surface area contributed by atoms with Crippen molar-refractivity contribution in [1.82, 2.24) is 4.98 Å². The predicted molar refractivity (Wildman–Crippen MR) is 53.3 cm³/mol. The molecule has 0 spiro atoms. The highest BCUT2D eigenvalue weighted by atomic mass is 16.3. The van der Waals surface area contributed by atoms with Crippen LogP contribution in [0.3, 0.4) is 0 Å². The van der Waals surface area contributed by atoms with E-state index in [9.17, 15) is 4.91 Å². The van der Waals surface area contributed by atoms with Crippen LogP contribution in [0, 0.1) is 4.91 Å². The first kappa shape index (κ1) is 9.64. The Labute approximate surface area is 77.6 Å². The normalized spacial score (nSPS) is 9.69. The van der Waals surface area contributed by atoms with Gasteiger partial charge < -0.3 is 4.90 Å². The third kappa shape index (κ3) is 2.50. The maximum atomic E-state index is 10.1. The molecular formula is C9H13N3O. The lowest BCUT2D eigenvalue weighted by Gasteiger charge is -2.17. The van der Waals surface area contributed by atoms with Gasteiger partial charge in [0.25, 0.3) is 0 Å². The van der Waals surface area contributed by atoms with Crippen LogP contribution < -0.4 is 4.90 Å². The van der Waals surface area contributed by atoms with Gasteiger partial charge in [0.2, 0.25) is 0 Å².